The van der Waals surface area contributed by atoms with E-state index in [1.165, 1.54) is 35.2 Å². The van der Waals surface area contributed by atoms with Crippen molar-refractivity contribution in [3.63, 3.8) is 0 Å². The van der Waals surface area contributed by atoms with Crippen LogP contribution in [0.5, 0.6) is 0 Å². The summed E-state index contributed by atoms with van der Waals surface area (Å²) in [4.78, 5) is 28.8. The number of carbonyl (C=O) groups excluding carboxylic acids is 2. The average Bonchev–Trinajstić information content (AvgIpc) is 2.92. The lowest BCUT2D eigenvalue weighted by atomic mass is 10.1. The van der Waals surface area contributed by atoms with E-state index in [2.05, 4.69) is 5.32 Å². The minimum Gasteiger partial charge on any atom is -0.352 e. The Labute approximate surface area is 261 Å². The third-order valence-electron chi connectivity index (χ3n) is 6.49. The van der Waals surface area contributed by atoms with Gasteiger partial charge in [0, 0.05) is 32.7 Å². The van der Waals surface area contributed by atoms with Gasteiger partial charge in [-0.1, -0.05) is 84.5 Å². The van der Waals surface area contributed by atoms with Gasteiger partial charge in [0.05, 0.1) is 10.6 Å². The highest BCUT2D eigenvalue weighted by molar-refractivity contribution is 7.92. The van der Waals surface area contributed by atoms with Crippen molar-refractivity contribution in [3.05, 3.63) is 92.4 Å². The number of anilines is 1. The van der Waals surface area contributed by atoms with Crippen LogP contribution in [0.15, 0.2) is 71.6 Å². The Kier molecular flexibility index (Phi) is 11.8. The lowest BCUT2D eigenvalue weighted by Gasteiger charge is -2.34. The molecule has 0 aliphatic rings. The van der Waals surface area contributed by atoms with E-state index in [0.717, 1.165) is 4.31 Å². The number of benzene rings is 3. The van der Waals surface area contributed by atoms with Crippen molar-refractivity contribution in [2.75, 3.05) is 10.8 Å². The van der Waals surface area contributed by atoms with Crippen LogP contribution in [-0.2, 0) is 26.2 Å². The fourth-order valence-corrected chi connectivity index (χ4v) is 6.53. The van der Waals surface area contributed by atoms with Crippen molar-refractivity contribution >= 4 is 73.9 Å². The van der Waals surface area contributed by atoms with E-state index in [1.54, 1.807) is 43.3 Å². The molecule has 1 N–H and O–H groups in total. The highest BCUT2D eigenvalue weighted by Crippen LogP contribution is 2.31. The molecule has 2 atom stereocenters. The van der Waals surface area contributed by atoms with E-state index in [9.17, 15) is 18.0 Å². The van der Waals surface area contributed by atoms with Crippen LogP contribution in [0.4, 0.5) is 5.69 Å². The zero-order valence-corrected chi connectivity index (χ0v) is 26.6. The van der Waals surface area contributed by atoms with E-state index in [-0.39, 0.29) is 45.5 Å². The van der Waals surface area contributed by atoms with Gasteiger partial charge in [-0.05, 0) is 67.8 Å². The van der Waals surface area contributed by atoms with Gasteiger partial charge in [-0.2, -0.15) is 0 Å². The fraction of sp³-hybridized carbons (Fsp3) is 0.310. The van der Waals surface area contributed by atoms with Crippen LogP contribution in [0, 0.1) is 0 Å². The molecule has 41 heavy (non-hydrogen) atoms. The molecule has 0 radical (unpaired) electrons. The normalized spacial score (nSPS) is 12.9. The molecule has 2 amide bonds. The molecule has 0 unspecified atom stereocenters. The smallest absolute Gasteiger partial charge is 0.264 e. The number of nitrogens with zero attached hydrogens (tertiary/aromatic N) is 2. The lowest BCUT2D eigenvalue weighted by Crippen LogP contribution is -2.53. The second-order valence-corrected chi connectivity index (χ2v) is 13.0. The van der Waals surface area contributed by atoms with Crippen LogP contribution in [0.2, 0.25) is 20.1 Å². The molecule has 3 aromatic rings. The topological polar surface area (TPSA) is 86.8 Å². The number of nitrogens with one attached hydrogen (secondary N) is 1. The maximum atomic E-state index is 14.1. The van der Waals surface area contributed by atoms with E-state index in [1.807, 2.05) is 13.8 Å². The summed E-state index contributed by atoms with van der Waals surface area (Å²) in [5.41, 5.74) is 0.642. The number of halogens is 4. The summed E-state index contributed by atoms with van der Waals surface area (Å²) >= 11 is 25.0. The zero-order chi connectivity index (χ0) is 30.3. The van der Waals surface area contributed by atoms with Crippen molar-refractivity contribution in [2.24, 2.45) is 0 Å². The maximum absolute atomic E-state index is 14.1. The molecule has 0 saturated heterocycles. The molecule has 3 rings (SSSR count). The first-order chi connectivity index (χ1) is 19.4. The first kappa shape index (κ1) is 33.0. The second kappa shape index (κ2) is 14.6. The first-order valence-corrected chi connectivity index (χ1v) is 15.9. The van der Waals surface area contributed by atoms with E-state index >= 15 is 0 Å². The number of rotatable bonds is 12. The van der Waals surface area contributed by atoms with Crippen molar-refractivity contribution in [3.8, 4) is 0 Å². The fourth-order valence-electron chi connectivity index (χ4n) is 4.13. The Morgan fingerprint density at radius 2 is 1.49 bits per heavy atom. The second-order valence-electron chi connectivity index (χ2n) is 9.45. The van der Waals surface area contributed by atoms with Gasteiger partial charge in [-0.25, -0.2) is 8.42 Å². The Morgan fingerprint density at radius 1 is 0.854 bits per heavy atom. The number of hydrogen-bond acceptors (Lipinski definition) is 4. The highest BCUT2D eigenvalue weighted by atomic mass is 35.5. The predicted octanol–water partition coefficient (Wildman–Crippen LogP) is 7.22. The molecule has 3 aromatic carbocycles. The van der Waals surface area contributed by atoms with Gasteiger partial charge in [-0.15, -0.1) is 0 Å². The van der Waals surface area contributed by atoms with E-state index in [4.69, 9.17) is 46.4 Å². The molecule has 0 aliphatic carbocycles. The zero-order valence-electron chi connectivity index (χ0n) is 22.8. The van der Waals surface area contributed by atoms with Gasteiger partial charge in [0.25, 0.3) is 10.0 Å². The first-order valence-electron chi connectivity index (χ1n) is 12.9. The van der Waals surface area contributed by atoms with Crippen molar-refractivity contribution in [1.82, 2.24) is 10.2 Å². The molecule has 0 aromatic heterocycles. The molecule has 0 saturated carbocycles. The number of amides is 2. The Balaban J connectivity index is 2.10. The molecule has 0 spiro atoms. The summed E-state index contributed by atoms with van der Waals surface area (Å²) < 4.78 is 28.7. The van der Waals surface area contributed by atoms with Gasteiger partial charge >= 0.3 is 0 Å². The van der Waals surface area contributed by atoms with Crippen LogP contribution in [-0.4, -0.2) is 43.8 Å². The van der Waals surface area contributed by atoms with Crippen LogP contribution >= 0.6 is 46.4 Å². The third kappa shape index (κ3) is 8.52. The van der Waals surface area contributed by atoms with Crippen molar-refractivity contribution in [2.45, 2.75) is 57.1 Å². The molecule has 7 nitrogen and oxygen atoms in total. The Bertz CT molecular complexity index is 1470. The minimum atomic E-state index is -4.25. The van der Waals surface area contributed by atoms with Gasteiger partial charge in [-0.3, -0.25) is 13.9 Å². The molecule has 0 aliphatic heterocycles. The summed E-state index contributed by atoms with van der Waals surface area (Å²) in [5, 5.41) is 4.03. The summed E-state index contributed by atoms with van der Waals surface area (Å²) in [6.07, 6.45) is 0.964. The molecule has 0 bridgehead atoms. The quantitative estimate of drug-likeness (QED) is 0.223. The standard InChI is InChI=1S/C29H31Cl4N3O4S/c1-4-19(3)34-29(38)27(5-2)35(17-20-11-12-21(30)16-26(20)33)28(37)18-36(24-14-22(31)13-23(32)15-24)41(39,40)25-9-7-6-8-10-25/h6-16,19,27H,4-5,17-18H2,1-3H3,(H,34,38)/t19-,27+/m1/s1. The Morgan fingerprint density at radius 3 is 2.05 bits per heavy atom. The SMILES string of the molecule is CC[C@@H](C)NC(=O)[C@H](CC)N(Cc1ccc(Cl)cc1Cl)C(=O)CN(c1cc(Cl)cc(Cl)c1)S(=O)(=O)c1ccccc1. The lowest BCUT2D eigenvalue weighted by molar-refractivity contribution is -0.140. The minimum absolute atomic E-state index is 0.0299. The van der Waals surface area contributed by atoms with Gasteiger partial charge in [0.1, 0.15) is 12.6 Å². The molecule has 0 heterocycles. The highest BCUT2D eigenvalue weighted by Gasteiger charge is 2.34. The molecule has 220 valence electrons. The van der Waals surface area contributed by atoms with Crippen LogP contribution < -0.4 is 9.62 Å². The van der Waals surface area contributed by atoms with Gasteiger partial charge in [0.15, 0.2) is 0 Å². The van der Waals surface area contributed by atoms with Gasteiger partial charge < -0.3 is 10.2 Å². The summed E-state index contributed by atoms with van der Waals surface area (Å²) in [6, 6.07) is 15.8. The summed E-state index contributed by atoms with van der Waals surface area (Å²) in [7, 11) is -4.25. The average molecular weight is 659 g/mol. The van der Waals surface area contributed by atoms with Gasteiger partial charge in [0.2, 0.25) is 11.8 Å². The molecule has 0 fully saturated rings. The monoisotopic (exact) mass is 657 g/mol. The number of carbonyl (C=O) groups is 2. The third-order valence-corrected chi connectivity index (χ3v) is 9.30. The maximum Gasteiger partial charge on any atom is 0.264 e. The van der Waals surface area contributed by atoms with Crippen molar-refractivity contribution < 1.29 is 18.0 Å². The van der Waals surface area contributed by atoms with Crippen LogP contribution in [0.3, 0.4) is 0 Å². The van der Waals surface area contributed by atoms with Crippen molar-refractivity contribution in [1.29, 1.82) is 0 Å². The Hall–Kier alpha value is -2.49. The van der Waals surface area contributed by atoms with Crippen LogP contribution in [0.25, 0.3) is 0 Å². The molecular formula is C29H31Cl4N3O4S. The number of sulfonamides is 1. The molecular weight excluding hydrogens is 628 g/mol. The largest absolute Gasteiger partial charge is 0.352 e. The number of hydrogen-bond donors (Lipinski definition) is 1. The summed E-state index contributed by atoms with van der Waals surface area (Å²) in [6.45, 7) is 4.89. The summed E-state index contributed by atoms with van der Waals surface area (Å²) in [5.74, 6) is -0.985. The van der Waals surface area contributed by atoms with E-state index < -0.39 is 28.5 Å². The molecule has 12 heteroatoms. The van der Waals surface area contributed by atoms with Crippen LogP contribution in [0.1, 0.15) is 39.2 Å². The van der Waals surface area contributed by atoms with E-state index in [0.29, 0.717) is 22.0 Å². The predicted molar refractivity (Wildman–Crippen MR) is 166 cm³/mol.